The van der Waals surface area contributed by atoms with E-state index >= 15 is 0 Å². The summed E-state index contributed by atoms with van der Waals surface area (Å²) in [6.45, 7) is 3.92. The fourth-order valence-corrected chi connectivity index (χ4v) is 2.20. The Labute approximate surface area is 121 Å². The summed E-state index contributed by atoms with van der Waals surface area (Å²) in [5, 5.41) is 7.08. The average Bonchev–Trinajstić information content (AvgIpc) is 2.90. The van der Waals surface area contributed by atoms with E-state index in [-0.39, 0.29) is 6.04 Å². The van der Waals surface area contributed by atoms with E-state index in [1.54, 1.807) is 11.7 Å². The highest BCUT2D eigenvalue weighted by atomic mass is 19.2. The first-order valence-electron chi connectivity index (χ1n) is 6.64. The van der Waals surface area contributed by atoms with Crippen LogP contribution in [-0.4, -0.2) is 21.8 Å². The van der Waals surface area contributed by atoms with Crippen LogP contribution in [0.1, 0.15) is 37.3 Å². The fraction of sp³-hybridized carbons (Fsp3) is 0.429. The summed E-state index contributed by atoms with van der Waals surface area (Å²) in [7, 11) is 1.67. The first kappa shape index (κ1) is 15.5. The van der Waals surface area contributed by atoms with Gasteiger partial charge in [0.2, 0.25) is 0 Å². The number of halogens is 3. The molecule has 1 aromatic carbocycles. The van der Waals surface area contributed by atoms with Gasteiger partial charge >= 0.3 is 0 Å². The number of benzene rings is 1. The Kier molecular flexibility index (Phi) is 4.62. The second kappa shape index (κ2) is 6.26. The van der Waals surface area contributed by atoms with Crippen molar-refractivity contribution < 1.29 is 13.2 Å². The predicted molar refractivity (Wildman–Crippen MR) is 72.2 cm³/mol. The van der Waals surface area contributed by atoms with Crippen LogP contribution >= 0.6 is 0 Å². The third kappa shape index (κ3) is 3.24. The van der Waals surface area contributed by atoms with Gasteiger partial charge in [0.1, 0.15) is 12.2 Å². The summed E-state index contributed by atoms with van der Waals surface area (Å²) in [6.07, 6.45) is 1.83. The maximum atomic E-state index is 13.3. The van der Waals surface area contributed by atoms with Crippen molar-refractivity contribution in [2.45, 2.75) is 32.4 Å². The van der Waals surface area contributed by atoms with E-state index in [0.717, 1.165) is 12.1 Å². The maximum Gasteiger partial charge on any atom is 0.194 e. The maximum absolute atomic E-state index is 13.3. The minimum atomic E-state index is -1.46. The first-order valence-corrected chi connectivity index (χ1v) is 6.64. The lowest BCUT2D eigenvalue weighted by Gasteiger charge is -2.18. The van der Waals surface area contributed by atoms with Gasteiger partial charge in [-0.1, -0.05) is 0 Å². The Morgan fingerprint density at radius 2 is 1.81 bits per heavy atom. The van der Waals surface area contributed by atoms with Crippen molar-refractivity contribution in [3.8, 4) is 0 Å². The number of hydrogen-bond acceptors (Lipinski definition) is 3. The molecular formula is C14H17F3N4. The number of nitrogens with one attached hydrogen (secondary N) is 1. The molecule has 1 heterocycles. The van der Waals surface area contributed by atoms with Crippen molar-refractivity contribution >= 4 is 0 Å². The zero-order chi connectivity index (χ0) is 15.6. The lowest BCUT2D eigenvalue weighted by atomic mass is 10.0. The van der Waals surface area contributed by atoms with Crippen molar-refractivity contribution in [3.05, 3.63) is 47.3 Å². The molecule has 0 saturated carbocycles. The standard InChI is InChI=1S/C14H17F3N4/c1-8(2)21-13(19-7-20-21)6-12(18-3)9-4-10(15)14(17)11(16)5-9/h4-5,7-8,12,18H,6H2,1-3H3. The van der Waals surface area contributed by atoms with Crippen LogP contribution in [0.5, 0.6) is 0 Å². The van der Waals surface area contributed by atoms with Crippen LogP contribution < -0.4 is 5.32 Å². The Morgan fingerprint density at radius 3 is 2.33 bits per heavy atom. The zero-order valence-corrected chi connectivity index (χ0v) is 12.1. The highest BCUT2D eigenvalue weighted by Gasteiger charge is 2.19. The first-order chi connectivity index (χ1) is 9.93. The van der Waals surface area contributed by atoms with Gasteiger partial charge in [-0.3, -0.25) is 0 Å². The summed E-state index contributed by atoms with van der Waals surface area (Å²) in [4.78, 5) is 4.16. The molecule has 0 aliphatic rings. The lowest BCUT2D eigenvalue weighted by molar-refractivity contribution is 0.437. The van der Waals surface area contributed by atoms with Crippen LogP contribution in [0.4, 0.5) is 13.2 Å². The molecule has 4 nitrogen and oxygen atoms in total. The molecule has 1 unspecified atom stereocenters. The molecule has 0 amide bonds. The van der Waals surface area contributed by atoms with E-state index < -0.39 is 23.5 Å². The van der Waals surface area contributed by atoms with Crippen molar-refractivity contribution in [1.82, 2.24) is 20.1 Å². The SMILES string of the molecule is CNC(Cc1ncnn1C(C)C)c1cc(F)c(F)c(F)c1. The third-order valence-electron chi connectivity index (χ3n) is 3.28. The molecule has 7 heteroatoms. The third-order valence-corrected chi connectivity index (χ3v) is 3.28. The molecule has 2 aromatic rings. The van der Waals surface area contributed by atoms with Crippen LogP contribution in [-0.2, 0) is 6.42 Å². The van der Waals surface area contributed by atoms with Gasteiger partial charge in [0.15, 0.2) is 17.5 Å². The molecule has 1 aromatic heterocycles. The largest absolute Gasteiger partial charge is 0.313 e. The van der Waals surface area contributed by atoms with Gasteiger partial charge in [0.25, 0.3) is 0 Å². The van der Waals surface area contributed by atoms with E-state index in [1.807, 2.05) is 13.8 Å². The van der Waals surface area contributed by atoms with Crippen molar-refractivity contribution in [1.29, 1.82) is 0 Å². The molecule has 0 spiro atoms. The summed E-state index contributed by atoms with van der Waals surface area (Å²) in [6, 6.07) is 1.73. The average molecular weight is 298 g/mol. The fourth-order valence-electron chi connectivity index (χ4n) is 2.20. The highest BCUT2D eigenvalue weighted by molar-refractivity contribution is 5.23. The summed E-state index contributed by atoms with van der Waals surface area (Å²) < 4.78 is 41.5. The Hall–Kier alpha value is -1.89. The van der Waals surface area contributed by atoms with Crippen molar-refractivity contribution in [2.24, 2.45) is 0 Å². The molecule has 21 heavy (non-hydrogen) atoms. The van der Waals surface area contributed by atoms with E-state index in [0.29, 0.717) is 17.8 Å². The van der Waals surface area contributed by atoms with E-state index in [4.69, 9.17) is 0 Å². The van der Waals surface area contributed by atoms with Crippen molar-refractivity contribution in [3.63, 3.8) is 0 Å². The van der Waals surface area contributed by atoms with E-state index in [1.165, 1.54) is 6.33 Å². The number of aromatic nitrogens is 3. The number of nitrogens with zero attached hydrogens (tertiary/aromatic N) is 3. The van der Waals surface area contributed by atoms with Crippen molar-refractivity contribution in [2.75, 3.05) is 7.05 Å². The summed E-state index contributed by atoms with van der Waals surface area (Å²) in [5.41, 5.74) is 0.326. The van der Waals surface area contributed by atoms with Gasteiger partial charge in [0.05, 0.1) is 0 Å². The van der Waals surface area contributed by atoms with E-state index in [9.17, 15) is 13.2 Å². The molecule has 1 N–H and O–H groups in total. The smallest absolute Gasteiger partial charge is 0.194 e. The quantitative estimate of drug-likeness (QED) is 0.863. The van der Waals surface area contributed by atoms with Crippen LogP contribution in [0, 0.1) is 17.5 Å². The number of likely N-dealkylation sites (N-methyl/N-ethyl adjacent to an activating group) is 1. The Bertz CT molecular complexity index is 601. The highest BCUT2D eigenvalue weighted by Crippen LogP contribution is 2.22. The second-order valence-corrected chi connectivity index (χ2v) is 5.06. The number of rotatable bonds is 5. The molecule has 0 radical (unpaired) electrons. The van der Waals surface area contributed by atoms with Gasteiger partial charge < -0.3 is 5.32 Å². The molecule has 0 fully saturated rings. The predicted octanol–water partition coefficient (Wildman–Crippen LogP) is 2.78. The normalized spacial score (nSPS) is 12.9. The van der Waals surface area contributed by atoms with Gasteiger partial charge in [-0.15, -0.1) is 0 Å². The van der Waals surface area contributed by atoms with Crippen LogP contribution in [0.2, 0.25) is 0 Å². The Balaban J connectivity index is 2.30. The molecule has 114 valence electrons. The minimum absolute atomic E-state index is 0.127. The molecule has 1 atom stereocenters. The van der Waals surface area contributed by atoms with Crippen LogP contribution in [0.25, 0.3) is 0 Å². The van der Waals surface area contributed by atoms with Gasteiger partial charge in [-0.25, -0.2) is 22.8 Å². The molecule has 0 aliphatic carbocycles. The minimum Gasteiger partial charge on any atom is -0.313 e. The topological polar surface area (TPSA) is 42.7 Å². The summed E-state index contributed by atoms with van der Waals surface area (Å²) >= 11 is 0. The molecular weight excluding hydrogens is 281 g/mol. The summed E-state index contributed by atoms with van der Waals surface area (Å²) in [5.74, 6) is -3.17. The second-order valence-electron chi connectivity index (χ2n) is 5.06. The van der Waals surface area contributed by atoms with Gasteiger partial charge in [-0.2, -0.15) is 5.10 Å². The monoisotopic (exact) mass is 298 g/mol. The molecule has 2 rings (SSSR count). The lowest BCUT2D eigenvalue weighted by Crippen LogP contribution is -2.22. The number of hydrogen-bond donors (Lipinski definition) is 1. The Morgan fingerprint density at radius 1 is 1.19 bits per heavy atom. The zero-order valence-electron chi connectivity index (χ0n) is 12.1. The van der Waals surface area contributed by atoms with Crippen LogP contribution in [0.3, 0.4) is 0 Å². The van der Waals surface area contributed by atoms with Gasteiger partial charge in [0, 0.05) is 18.5 Å². The molecule has 0 aliphatic heterocycles. The molecule has 0 bridgehead atoms. The van der Waals surface area contributed by atoms with Crippen LogP contribution in [0.15, 0.2) is 18.5 Å². The van der Waals surface area contributed by atoms with E-state index in [2.05, 4.69) is 15.4 Å². The molecule has 0 saturated heterocycles. The van der Waals surface area contributed by atoms with Gasteiger partial charge in [-0.05, 0) is 38.6 Å².